The van der Waals surface area contributed by atoms with E-state index in [1.54, 1.807) is 0 Å². The second kappa shape index (κ2) is 6.53. The molecule has 1 aromatic carbocycles. The highest BCUT2D eigenvalue weighted by atomic mass is 16.3. The quantitative estimate of drug-likeness (QED) is 0.897. The van der Waals surface area contributed by atoms with Gasteiger partial charge in [0, 0.05) is 13.1 Å². The lowest BCUT2D eigenvalue weighted by Crippen LogP contribution is -2.37. The van der Waals surface area contributed by atoms with Gasteiger partial charge in [0.05, 0.1) is 6.10 Å². The van der Waals surface area contributed by atoms with Gasteiger partial charge in [-0.3, -0.25) is 0 Å². The zero-order chi connectivity index (χ0) is 13.8. The first-order valence-corrected chi connectivity index (χ1v) is 7.57. The van der Waals surface area contributed by atoms with Crippen molar-refractivity contribution in [2.24, 2.45) is 5.92 Å². The van der Waals surface area contributed by atoms with Crippen molar-refractivity contribution in [1.29, 1.82) is 0 Å². The Morgan fingerprint density at radius 3 is 2.58 bits per heavy atom. The van der Waals surface area contributed by atoms with E-state index < -0.39 is 0 Å². The molecule has 1 N–H and O–H groups in total. The van der Waals surface area contributed by atoms with E-state index in [1.807, 2.05) is 0 Å². The van der Waals surface area contributed by atoms with Crippen LogP contribution in [0.1, 0.15) is 49.0 Å². The van der Waals surface area contributed by atoms with E-state index in [0.717, 1.165) is 31.1 Å². The van der Waals surface area contributed by atoms with Crippen LogP contribution in [0.3, 0.4) is 0 Å². The number of aliphatic hydroxyl groups is 1. The SMILES string of the molecule is CCC1CCCN(CC(O)c2cc(C)cc(C)c2)C1. The molecule has 0 spiro atoms. The van der Waals surface area contributed by atoms with Crippen molar-refractivity contribution in [2.75, 3.05) is 19.6 Å². The highest BCUT2D eigenvalue weighted by Crippen LogP contribution is 2.23. The molecule has 1 saturated heterocycles. The summed E-state index contributed by atoms with van der Waals surface area (Å²) >= 11 is 0. The molecule has 0 amide bonds. The zero-order valence-electron chi connectivity index (χ0n) is 12.5. The van der Waals surface area contributed by atoms with Gasteiger partial charge in [-0.05, 0) is 44.7 Å². The normalized spacial score (nSPS) is 22.4. The number of hydrogen-bond donors (Lipinski definition) is 1. The summed E-state index contributed by atoms with van der Waals surface area (Å²) in [4.78, 5) is 2.43. The molecule has 19 heavy (non-hydrogen) atoms. The second-order valence-electron chi connectivity index (χ2n) is 6.11. The predicted molar refractivity (Wildman–Crippen MR) is 80.3 cm³/mol. The summed E-state index contributed by atoms with van der Waals surface area (Å²) < 4.78 is 0. The van der Waals surface area contributed by atoms with Gasteiger partial charge in [0.15, 0.2) is 0 Å². The van der Waals surface area contributed by atoms with Gasteiger partial charge >= 0.3 is 0 Å². The largest absolute Gasteiger partial charge is 0.387 e. The molecule has 1 aliphatic rings. The Morgan fingerprint density at radius 1 is 1.26 bits per heavy atom. The Hall–Kier alpha value is -0.860. The number of likely N-dealkylation sites (tertiary alicyclic amines) is 1. The van der Waals surface area contributed by atoms with E-state index >= 15 is 0 Å². The van der Waals surface area contributed by atoms with Crippen LogP contribution >= 0.6 is 0 Å². The Balaban J connectivity index is 1.98. The third-order valence-corrected chi connectivity index (χ3v) is 4.24. The van der Waals surface area contributed by atoms with Crippen molar-refractivity contribution in [3.63, 3.8) is 0 Å². The van der Waals surface area contributed by atoms with Crippen LogP contribution in [0.4, 0.5) is 0 Å². The standard InChI is InChI=1S/C17H27NO/c1-4-15-6-5-7-18(11-15)12-17(19)16-9-13(2)8-14(3)10-16/h8-10,15,17,19H,4-7,11-12H2,1-3H3. The first-order chi connectivity index (χ1) is 9.08. The van der Waals surface area contributed by atoms with Gasteiger partial charge in [-0.2, -0.15) is 0 Å². The molecule has 0 saturated carbocycles. The van der Waals surface area contributed by atoms with Crippen LogP contribution in [-0.2, 0) is 0 Å². The van der Waals surface area contributed by atoms with Crippen LogP contribution in [0.15, 0.2) is 18.2 Å². The fourth-order valence-corrected chi connectivity index (χ4v) is 3.20. The number of piperidine rings is 1. The monoisotopic (exact) mass is 261 g/mol. The smallest absolute Gasteiger partial charge is 0.0917 e. The van der Waals surface area contributed by atoms with Crippen LogP contribution in [0.25, 0.3) is 0 Å². The first-order valence-electron chi connectivity index (χ1n) is 7.57. The van der Waals surface area contributed by atoms with Gasteiger partial charge in [-0.25, -0.2) is 0 Å². The third-order valence-electron chi connectivity index (χ3n) is 4.24. The topological polar surface area (TPSA) is 23.5 Å². The van der Waals surface area contributed by atoms with Gasteiger partial charge in [-0.15, -0.1) is 0 Å². The first kappa shape index (κ1) is 14.5. The lowest BCUT2D eigenvalue weighted by atomic mass is 9.95. The average Bonchev–Trinajstić information content (AvgIpc) is 2.37. The molecule has 2 rings (SSSR count). The highest BCUT2D eigenvalue weighted by Gasteiger charge is 2.21. The molecule has 2 unspecified atom stereocenters. The van der Waals surface area contributed by atoms with E-state index in [1.165, 1.54) is 30.4 Å². The zero-order valence-corrected chi connectivity index (χ0v) is 12.5. The van der Waals surface area contributed by atoms with Gasteiger partial charge in [0.1, 0.15) is 0 Å². The fraction of sp³-hybridized carbons (Fsp3) is 0.647. The minimum atomic E-state index is -0.353. The summed E-state index contributed by atoms with van der Waals surface area (Å²) in [5, 5.41) is 10.4. The molecule has 1 fully saturated rings. The minimum Gasteiger partial charge on any atom is -0.387 e. The molecule has 2 atom stereocenters. The van der Waals surface area contributed by atoms with E-state index in [9.17, 15) is 5.11 Å². The lowest BCUT2D eigenvalue weighted by Gasteiger charge is -2.33. The van der Waals surface area contributed by atoms with Crippen molar-refractivity contribution >= 4 is 0 Å². The fourth-order valence-electron chi connectivity index (χ4n) is 3.20. The summed E-state index contributed by atoms with van der Waals surface area (Å²) in [6.45, 7) is 9.53. The van der Waals surface area contributed by atoms with Crippen LogP contribution in [0.5, 0.6) is 0 Å². The maximum atomic E-state index is 10.4. The summed E-state index contributed by atoms with van der Waals surface area (Å²) in [7, 11) is 0. The van der Waals surface area contributed by atoms with Crippen LogP contribution < -0.4 is 0 Å². The lowest BCUT2D eigenvalue weighted by molar-refractivity contribution is 0.0835. The molecule has 0 aliphatic carbocycles. The molecule has 0 bridgehead atoms. The molecule has 2 heteroatoms. The molecular formula is C17H27NO. The second-order valence-corrected chi connectivity index (χ2v) is 6.11. The molecule has 0 radical (unpaired) electrons. The molecular weight excluding hydrogens is 234 g/mol. The van der Waals surface area contributed by atoms with Gasteiger partial charge in [0.25, 0.3) is 0 Å². The Labute approximate surface area is 117 Å². The number of benzene rings is 1. The Morgan fingerprint density at radius 2 is 1.95 bits per heavy atom. The Bertz CT molecular complexity index is 395. The van der Waals surface area contributed by atoms with Gasteiger partial charge in [-0.1, -0.05) is 42.7 Å². The maximum Gasteiger partial charge on any atom is 0.0917 e. The number of hydrogen-bond acceptors (Lipinski definition) is 2. The summed E-state index contributed by atoms with van der Waals surface area (Å²) in [6, 6.07) is 6.38. The van der Waals surface area contributed by atoms with Crippen molar-refractivity contribution in [3.8, 4) is 0 Å². The minimum absolute atomic E-state index is 0.353. The number of nitrogens with zero attached hydrogens (tertiary/aromatic N) is 1. The van der Waals surface area contributed by atoms with Gasteiger partial charge in [0.2, 0.25) is 0 Å². The predicted octanol–water partition coefficient (Wildman–Crippen LogP) is 3.46. The third kappa shape index (κ3) is 4.05. The van der Waals surface area contributed by atoms with E-state index in [2.05, 4.69) is 43.9 Å². The van der Waals surface area contributed by atoms with Crippen molar-refractivity contribution in [2.45, 2.75) is 46.1 Å². The molecule has 1 aliphatic heterocycles. The molecule has 1 heterocycles. The Kier molecular flexibility index (Phi) is 5.00. The van der Waals surface area contributed by atoms with E-state index in [-0.39, 0.29) is 6.10 Å². The van der Waals surface area contributed by atoms with Crippen molar-refractivity contribution in [1.82, 2.24) is 4.90 Å². The number of rotatable bonds is 4. The molecule has 1 aromatic rings. The summed E-state index contributed by atoms with van der Waals surface area (Å²) in [6.07, 6.45) is 3.54. The maximum absolute atomic E-state index is 10.4. The molecule has 106 valence electrons. The van der Waals surface area contributed by atoms with Crippen molar-refractivity contribution in [3.05, 3.63) is 34.9 Å². The summed E-state index contributed by atoms with van der Waals surface area (Å²) in [5.74, 6) is 0.820. The van der Waals surface area contributed by atoms with Gasteiger partial charge < -0.3 is 10.0 Å². The number of aryl methyl sites for hydroxylation is 2. The van der Waals surface area contributed by atoms with E-state index in [4.69, 9.17) is 0 Å². The molecule has 0 aromatic heterocycles. The highest BCUT2D eigenvalue weighted by molar-refractivity contribution is 5.30. The van der Waals surface area contributed by atoms with Crippen molar-refractivity contribution < 1.29 is 5.11 Å². The molecule has 2 nitrogen and oxygen atoms in total. The van der Waals surface area contributed by atoms with Crippen LogP contribution in [0.2, 0.25) is 0 Å². The van der Waals surface area contributed by atoms with E-state index in [0.29, 0.717) is 0 Å². The van der Waals surface area contributed by atoms with Crippen LogP contribution in [0, 0.1) is 19.8 Å². The summed E-state index contributed by atoms with van der Waals surface area (Å²) in [5.41, 5.74) is 3.54. The number of β-amino-alcohol motifs (C(OH)–C–C–N with tert-alkyl or cyclic N) is 1. The van der Waals surface area contributed by atoms with Crippen LogP contribution in [-0.4, -0.2) is 29.6 Å². The average molecular weight is 261 g/mol. The number of aliphatic hydroxyl groups excluding tert-OH is 1.